The summed E-state index contributed by atoms with van der Waals surface area (Å²) >= 11 is 0. The number of hydrogen-bond donors (Lipinski definition) is 0. The van der Waals surface area contributed by atoms with Crippen LogP contribution in [-0.2, 0) is 19.7 Å². The first kappa shape index (κ1) is 25.4. The van der Waals surface area contributed by atoms with Gasteiger partial charge >= 0.3 is 5.97 Å². The molecule has 5 aromatic carbocycles. The normalized spacial score (nSPS) is 23.4. The molecule has 2 bridgehead atoms. The zero-order valence-electron chi connectivity index (χ0n) is 23.3. The first-order valence-electron chi connectivity index (χ1n) is 14.3. The van der Waals surface area contributed by atoms with Gasteiger partial charge in [0.15, 0.2) is 0 Å². The zero-order valence-corrected chi connectivity index (χ0v) is 23.3. The highest BCUT2D eigenvalue weighted by Gasteiger charge is 2.68. The van der Waals surface area contributed by atoms with Crippen LogP contribution in [0.5, 0.6) is 0 Å². The molecule has 1 saturated heterocycles. The number of anilines is 1. The van der Waals surface area contributed by atoms with E-state index in [-0.39, 0.29) is 17.7 Å². The Hall–Kier alpha value is -5.36. The summed E-state index contributed by atoms with van der Waals surface area (Å²) in [7, 11) is 1.35. The van der Waals surface area contributed by atoms with Gasteiger partial charge in [0.05, 0.1) is 41.3 Å². The molecule has 5 aromatic rings. The van der Waals surface area contributed by atoms with Crippen LogP contribution in [0.4, 0.5) is 11.4 Å². The molecule has 6 nitrogen and oxygen atoms in total. The van der Waals surface area contributed by atoms with Crippen LogP contribution < -0.4 is 4.90 Å². The minimum atomic E-state index is -0.973. The molecule has 2 amide bonds. The Morgan fingerprint density at radius 2 is 1.40 bits per heavy atom. The molecular formula is C37H26N2O4. The number of benzene rings is 5. The quantitative estimate of drug-likeness (QED) is 0.141. The Bertz CT molecular complexity index is 1960. The van der Waals surface area contributed by atoms with Crippen molar-refractivity contribution in [3.05, 3.63) is 143 Å². The number of nitrogens with zero attached hydrogens (tertiary/aromatic N) is 2. The van der Waals surface area contributed by atoms with Gasteiger partial charge < -0.3 is 4.74 Å². The summed E-state index contributed by atoms with van der Waals surface area (Å²) in [6.07, 6.45) is 1.86. The molecule has 0 unspecified atom stereocenters. The van der Waals surface area contributed by atoms with Gasteiger partial charge in [0.25, 0.3) is 0 Å². The van der Waals surface area contributed by atoms with Crippen LogP contribution in [0.25, 0.3) is 10.8 Å². The molecule has 208 valence electrons. The molecule has 0 aromatic heterocycles. The minimum Gasteiger partial charge on any atom is -0.465 e. The van der Waals surface area contributed by atoms with E-state index in [2.05, 4.69) is 24.3 Å². The van der Waals surface area contributed by atoms with E-state index >= 15 is 0 Å². The molecule has 0 saturated carbocycles. The monoisotopic (exact) mass is 562 g/mol. The number of aliphatic imine (C=N–C) groups is 1. The Morgan fingerprint density at radius 3 is 2.09 bits per heavy atom. The van der Waals surface area contributed by atoms with E-state index in [1.807, 2.05) is 72.9 Å². The molecule has 2 atom stereocenters. The van der Waals surface area contributed by atoms with E-state index in [1.54, 1.807) is 24.3 Å². The van der Waals surface area contributed by atoms with Gasteiger partial charge in [0.2, 0.25) is 11.8 Å². The number of methoxy groups -OCH3 is 1. The van der Waals surface area contributed by atoms with Crippen LogP contribution in [0.15, 0.2) is 120 Å². The molecule has 0 spiro atoms. The predicted octanol–water partition coefficient (Wildman–Crippen LogP) is 6.58. The molecule has 9 rings (SSSR count). The molecule has 0 radical (unpaired) electrons. The molecular weight excluding hydrogens is 536 g/mol. The topological polar surface area (TPSA) is 76.0 Å². The van der Waals surface area contributed by atoms with E-state index in [1.165, 1.54) is 12.0 Å². The minimum absolute atomic E-state index is 0.180. The summed E-state index contributed by atoms with van der Waals surface area (Å²) in [5, 5.41) is 1.83. The number of carbonyl (C=O) groups excluding carboxylic acids is 3. The second kappa shape index (κ2) is 9.33. The lowest BCUT2D eigenvalue weighted by molar-refractivity contribution is -0.122. The van der Waals surface area contributed by atoms with Gasteiger partial charge in [0.1, 0.15) is 0 Å². The predicted molar refractivity (Wildman–Crippen MR) is 165 cm³/mol. The van der Waals surface area contributed by atoms with Crippen molar-refractivity contribution in [2.75, 3.05) is 12.0 Å². The van der Waals surface area contributed by atoms with Gasteiger partial charge in [0, 0.05) is 17.5 Å². The molecule has 43 heavy (non-hydrogen) atoms. The van der Waals surface area contributed by atoms with Crippen molar-refractivity contribution in [3.8, 4) is 0 Å². The third-order valence-electron chi connectivity index (χ3n) is 9.40. The Kier molecular flexibility index (Phi) is 5.50. The number of carbonyl (C=O) groups is 3. The summed E-state index contributed by atoms with van der Waals surface area (Å²) in [4.78, 5) is 47.7. The number of rotatable bonds is 4. The number of ether oxygens (including phenoxy) is 1. The molecule has 1 fully saturated rings. The van der Waals surface area contributed by atoms with E-state index in [9.17, 15) is 14.4 Å². The third kappa shape index (κ3) is 3.40. The summed E-state index contributed by atoms with van der Waals surface area (Å²) in [5.74, 6) is -2.32. The largest absolute Gasteiger partial charge is 0.465 e. The fraction of sp³-hybridized carbons (Fsp3) is 0.135. The summed E-state index contributed by atoms with van der Waals surface area (Å²) in [5.41, 5.74) is 4.79. The standard InChI is InChI=1S/C37H26N2O4/c1-43-36(42)23-17-19-24(20-18-23)38-21-37-28-14-6-4-12-26(28)31(27-13-5-7-15-29(27)37)32-33(37)35(41)39(34(32)40)30-16-8-10-22-9-2-3-11-25(22)30/h2-21,31-33H,1H3/t31?,32-,33-,37?/m0/s1. The summed E-state index contributed by atoms with van der Waals surface area (Å²) in [6.45, 7) is 0. The average Bonchev–Trinajstić information content (AvgIpc) is 3.33. The van der Waals surface area contributed by atoms with Gasteiger partial charge in [-0.25, -0.2) is 9.69 Å². The number of imide groups is 1. The van der Waals surface area contributed by atoms with Crippen LogP contribution in [0.2, 0.25) is 0 Å². The number of esters is 1. The smallest absolute Gasteiger partial charge is 0.337 e. The lowest BCUT2D eigenvalue weighted by Gasteiger charge is -2.52. The van der Waals surface area contributed by atoms with E-state index in [0.717, 1.165) is 33.0 Å². The van der Waals surface area contributed by atoms with Crippen molar-refractivity contribution in [2.45, 2.75) is 11.3 Å². The summed E-state index contributed by atoms with van der Waals surface area (Å²) in [6, 6.07) is 36.7. The van der Waals surface area contributed by atoms with Gasteiger partial charge in [-0.3, -0.25) is 14.6 Å². The number of fused-ring (bicyclic) bond motifs is 1. The van der Waals surface area contributed by atoms with E-state index in [0.29, 0.717) is 16.9 Å². The Labute approximate surface area is 248 Å². The lowest BCUT2D eigenvalue weighted by Crippen LogP contribution is -2.54. The number of hydrogen-bond acceptors (Lipinski definition) is 5. The molecule has 4 aliphatic rings. The highest BCUT2D eigenvalue weighted by molar-refractivity contribution is 6.27. The maximum absolute atomic E-state index is 14.8. The first-order chi connectivity index (χ1) is 21.0. The zero-order chi connectivity index (χ0) is 29.3. The highest BCUT2D eigenvalue weighted by Crippen LogP contribution is 2.64. The van der Waals surface area contributed by atoms with Gasteiger partial charge in [-0.2, -0.15) is 0 Å². The fourth-order valence-electron chi connectivity index (χ4n) is 7.67. The van der Waals surface area contributed by atoms with Crippen LogP contribution in [0.3, 0.4) is 0 Å². The van der Waals surface area contributed by atoms with Crippen molar-refractivity contribution >= 4 is 46.1 Å². The van der Waals surface area contributed by atoms with Gasteiger partial charge in [-0.1, -0.05) is 84.9 Å². The molecule has 6 heteroatoms. The molecule has 1 aliphatic heterocycles. The van der Waals surface area contributed by atoms with Crippen molar-refractivity contribution in [2.24, 2.45) is 16.8 Å². The summed E-state index contributed by atoms with van der Waals surface area (Å²) < 4.78 is 4.84. The van der Waals surface area contributed by atoms with Crippen molar-refractivity contribution in [1.29, 1.82) is 0 Å². The fourth-order valence-corrected chi connectivity index (χ4v) is 7.67. The molecule has 3 aliphatic carbocycles. The van der Waals surface area contributed by atoms with Crippen molar-refractivity contribution in [3.63, 3.8) is 0 Å². The maximum atomic E-state index is 14.8. The van der Waals surface area contributed by atoms with Crippen LogP contribution >= 0.6 is 0 Å². The molecule has 0 N–H and O–H groups in total. The van der Waals surface area contributed by atoms with Crippen molar-refractivity contribution in [1.82, 2.24) is 0 Å². The van der Waals surface area contributed by atoms with E-state index in [4.69, 9.17) is 9.73 Å². The van der Waals surface area contributed by atoms with Gasteiger partial charge in [-0.05, 0) is 58.0 Å². The second-order valence-corrected chi connectivity index (χ2v) is 11.3. The maximum Gasteiger partial charge on any atom is 0.337 e. The van der Waals surface area contributed by atoms with E-state index < -0.39 is 23.2 Å². The van der Waals surface area contributed by atoms with Crippen LogP contribution in [-0.4, -0.2) is 31.1 Å². The highest BCUT2D eigenvalue weighted by atomic mass is 16.5. The van der Waals surface area contributed by atoms with Gasteiger partial charge in [-0.15, -0.1) is 0 Å². The Balaban J connectivity index is 1.35. The number of amides is 2. The second-order valence-electron chi connectivity index (χ2n) is 11.3. The Morgan fingerprint density at radius 1 is 0.767 bits per heavy atom. The average molecular weight is 563 g/mol. The first-order valence-corrected chi connectivity index (χ1v) is 14.3. The third-order valence-corrected chi connectivity index (χ3v) is 9.40. The molecule has 1 heterocycles. The van der Waals surface area contributed by atoms with Crippen LogP contribution in [0.1, 0.15) is 38.5 Å². The lowest BCUT2D eigenvalue weighted by atomic mass is 9.47. The SMILES string of the molecule is COC(=O)c1ccc(N=CC23c4ccccc4C(c4ccccc42)[C@@H]2C(=O)N(c4cccc5ccccc45)C(=O)[C@H]23)cc1. The van der Waals surface area contributed by atoms with Crippen LogP contribution in [0, 0.1) is 11.8 Å². The van der Waals surface area contributed by atoms with Crippen molar-refractivity contribution < 1.29 is 19.1 Å².